The molecule has 0 aliphatic rings. The third-order valence-corrected chi connectivity index (χ3v) is 4.12. The summed E-state index contributed by atoms with van der Waals surface area (Å²) >= 11 is 0. The molecule has 0 amide bonds. The van der Waals surface area contributed by atoms with E-state index in [4.69, 9.17) is 5.73 Å². The average molecular weight is 374 g/mol. The Kier molecular flexibility index (Phi) is 4.59. The van der Waals surface area contributed by atoms with Gasteiger partial charge in [0, 0.05) is 29.8 Å². The summed E-state index contributed by atoms with van der Waals surface area (Å²) in [6.45, 7) is 3.58. The number of carboxylic acids is 1. The van der Waals surface area contributed by atoms with Crippen LogP contribution in [0.15, 0.2) is 47.9 Å². The summed E-state index contributed by atoms with van der Waals surface area (Å²) in [5.74, 6) is -4.19. The molecular weight excluding hydrogens is 361 g/mol. The molecule has 2 aromatic carbocycles. The first-order valence-electron chi connectivity index (χ1n) is 7.70. The minimum atomic E-state index is -1.56. The van der Waals surface area contributed by atoms with E-state index < -0.39 is 34.4 Å². The molecule has 3 rings (SSSR count). The number of pyridine rings is 1. The van der Waals surface area contributed by atoms with Gasteiger partial charge in [-0.3, -0.25) is 4.79 Å². The highest BCUT2D eigenvalue weighted by atomic mass is 19.1. The zero-order valence-corrected chi connectivity index (χ0v) is 13.8. The standard InChI is InChI=1S/C19H13F3N2O3/c1-9(7-23)11-6-17-12(5-14(11)21)18(25)13(19(26)27)8-24(17)16-3-2-10(20)4-15(16)22/h2-6,8H,1,7,23H2,(H,26,27). The maximum Gasteiger partial charge on any atom is 0.341 e. The number of fused-ring (bicyclic) bond motifs is 1. The van der Waals surface area contributed by atoms with Crippen molar-refractivity contribution in [3.8, 4) is 5.69 Å². The van der Waals surface area contributed by atoms with Crippen molar-refractivity contribution in [2.24, 2.45) is 5.73 Å². The molecule has 0 spiro atoms. The normalized spacial score (nSPS) is 11.0. The molecule has 3 N–H and O–H groups in total. The largest absolute Gasteiger partial charge is 0.477 e. The number of halogens is 3. The molecule has 8 heteroatoms. The third kappa shape index (κ3) is 3.11. The number of hydrogen-bond acceptors (Lipinski definition) is 3. The number of carboxylic acid groups (broad SMARTS) is 1. The Hall–Kier alpha value is -3.39. The van der Waals surface area contributed by atoms with Gasteiger partial charge in [-0.25, -0.2) is 18.0 Å². The van der Waals surface area contributed by atoms with Gasteiger partial charge in [0.1, 0.15) is 23.0 Å². The number of aromatic nitrogens is 1. The summed E-state index contributed by atoms with van der Waals surface area (Å²) in [7, 11) is 0. The van der Waals surface area contributed by atoms with Crippen LogP contribution in [0.1, 0.15) is 15.9 Å². The van der Waals surface area contributed by atoms with Gasteiger partial charge in [0.25, 0.3) is 0 Å². The SMILES string of the molecule is C=C(CN)c1cc2c(cc1F)c(=O)c(C(=O)O)cn2-c1ccc(F)cc1F. The molecule has 0 aliphatic heterocycles. The Morgan fingerprint density at radius 1 is 1.11 bits per heavy atom. The van der Waals surface area contributed by atoms with E-state index in [0.29, 0.717) is 6.07 Å². The van der Waals surface area contributed by atoms with Crippen LogP contribution in [0.4, 0.5) is 13.2 Å². The molecule has 0 saturated heterocycles. The minimum absolute atomic E-state index is 0.00347. The van der Waals surface area contributed by atoms with E-state index >= 15 is 0 Å². The number of hydrogen-bond donors (Lipinski definition) is 2. The van der Waals surface area contributed by atoms with E-state index in [1.807, 2.05) is 0 Å². The molecular formula is C19H13F3N2O3. The molecule has 1 heterocycles. The van der Waals surface area contributed by atoms with Gasteiger partial charge in [-0.05, 0) is 29.8 Å². The first-order chi connectivity index (χ1) is 12.7. The highest BCUT2D eigenvalue weighted by Crippen LogP contribution is 2.26. The fourth-order valence-electron chi connectivity index (χ4n) is 2.75. The van der Waals surface area contributed by atoms with Crippen molar-refractivity contribution in [3.63, 3.8) is 0 Å². The molecule has 0 bridgehead atoms. The van der Waals surface area contributed by atoms with Crippen LogP contribution < -0.4 is 11.2 Å². The van der Waals surface area contributed by atoms with Gasteiger partial charge in [-0.2, -0.15) is 0 Å². The van der Waals surface area contributed by atoms with Crippen molar-refractivity contribution >= 4 is 22.4 Å². The number of rotatable bonds is 4. The van der Waals surface area contributed by atoms with Crippen LogP contribution in [-0.4, -0.2) is 22.2 Å². The second-order valence-corrected chi connectivity index (χ2v) is 5.80. The molecule has 1 aromatic heterocycles. The maximum absolute atomic E-state index is 14.4. The van der Waals surface area contributed by atoms with Crippen molar-refractivity contribution in [2.45, 2.75) is 0 Å². The van der Waals surface area contributed by atoms with Crippen LogP contribution >= 0.6 is 0 Å². The molecule has 0 fully saturated rings. The molecule has 5 nitrogen and oxygen atoms in total. The van der Waals surface area contributed by atoms with E-state index in [0.717, 1.165) is 29.0 Å². The molecule has 0 radical (unpaired) electrons. The van der Waals surface area contributed by atoms with Gasteiger partial charge in [-0.15, -0.1) is 0 Å². The Bertz CT molecular complexity index is 1170. The predicted molar refractivity (Wildman–Crippen MR) is 94.5 cm³/mol. The number of benzene rings is 2. The third-order valence-electron chi connectivity index (χ3n) is 4.12. The fraction of sp³-hybridized carbons (Fsp3) is 0.0526. The van der Waals surface area contributed by atoms with Crippen molar-refractivity contribution in [3.05, 3.63) is 81.9 Å². The molecule has 0 unspecified atom stereocenters. The van der Waals surface area contributed by atoms with Crippen molar-refractivity contribution < 1.29 is 23.1 Å². The van der Waals surface area contributed by atoms with Crippen LogP contribution in [-0.2, 0) is 0 Å². The van der Waals surface area contributed by atoms with E-state index in [1.54, 1.807) is 0 Å². The first-order valence-corrected chi connectivity index (χ1v) is 7.70. The van der Waals surface area contributed by atoms with Gasteiger partial charge in [-0.1, -0.05) is 6.58 Å². The van der Waals surface area contributed by atoms with Crippen LogP contribution in [0.3, 0.4) is 0 Å². The Morgan fingerprint density at radius 2 is 1.81 bits per heavy atom. The second-order valence-electron chi connectivity index (χ2n) is 5.80. The van der Waals surface area contributed by atoms with Gasteiger partial charge < -0.3 is 15.4 Å². The predicted octanol–water partition coefficient (Wildman–Crippen LogP) is 3.08. The summed E-state index contributed by atoms with van der Waals surface area (Å²) in [6, 6.07) is 4.77. The molecule has 27 heavy (non-hydrogen) atoms. The lowest BCUT2D eigenvalue weighted by molar-refractivity contribution is 0.0695. The fourth-order valence-corrected chi connectivity index (χ4v) is 2.75. The van der Waals surface area contributed by atoms with E-state index in [1.165, 1.54) is 6.07 Å². The highest BCUT2D eigenvalue weighted by molar-refractivity contribution is 5.94. The maximum atomic E-state index is 14.4. The summed E-state index contributed by atoms with van der Waals surface area (Å²) in [5.41, 5.74) is 3.93. The van der Waals surface area contributed by atoms with Crippen LogP contribution in [0.25, 0.3) is 22.2 Å². The molecule has 0 atom stereocenters. The van der Waals surface area contributed by atoms with Gasteiger partial charge in [0.15, 0.2) is 0 Å². The van der Waals surface area contributed by atoms with E-state index in [2.05, 4.69) is 6.58 Å². The first kappa shape index (κ1) is 18.4. The molecule has 3 aromatic rings. The monoisotopic (exact) mass is 374 g/mol. The summed E-state index contributed by atoms with van der Waals surface area (Å²) in [4.78, 5) is 23.8. The zero-order chi connectivity index (χ0) is 19.9. The quantitative estimate of drug-likeness (QED) is 0.735. The average Bonchev–Trinajstić information content (AvgIpc) is 2.61. The summed E-state index contributed by atoms with van der Waals surface area (Å²) in [6.07, 6.45) is 0.913. The second kappa shape index (κ2) is 6.73. The Morgan fingerprint density at radius 3 is 2.41 bits per heavy atom. The van der Waals surface area contributed by atoms with Crippen molar-refractivity contribution in [2.75, 3.05) is 6.54 Å². The lowest BCUT2D eigenvalue weighted by Gasteiger charge is -2.15. The van der Waals surface area contributed by atoms with Gasteiger partial charge in [0.05, 0.1) is 11.2 Å². The van der Waals surface area contributed by atoms with Crippen LogP contribution in [0.5, 0.6) is 0 Å². The minimum Gasteiger partial charge on any atom is -0.477 e. The molecule has 0 saturated carbocycles. The Labute approximate surface area is 150 Å². The van der Waals surface area contributed by atoms with Crippen molar-refractivity contribution in [1.29, 1.82) is 0 Å². The highest BCUT2D eigenvalue weighted by Gasteiger charge is 2.19. The number of nitrogens with zero attached hydrogens (tertiary/aromatic N) is 1. The number of nitrogens with two attached hydrogens (primary N) is 1. The molecule has 0 aliphatic carbocycles. The van der Waals surface area contributed by atoms with Crippen LogP contribution in [0, 0.1) is 17.5 Å². The van der Waals surface area contributed by atoms with Crippen LogP contribution in [0.2, 0.25) is 0 Å². The summed E-state index contributed by atoms with van der Waals surface area (Å²) < 4.78 is 43.0. The van der Waals surface area contributed by atoms with Crippen molar-refractivity contribution in [1.82, 2.24) is 4.57 Å². The summed E-state index contributed by atoms with van der Waals surface area (Å²) in [5, 5.41) is 9.00. The number of aromatic carboxylic acids is 1. The van der Waals surface area contributed by atoms with E-state index in [-0.39, 0.29) is 34.3 Å². The lowest BCUT2D eigenvalue weighted by atomic mass is 10.0. The molecule has 138 valence electrons. The zero-order valence-electron chi connectivity index (χ0n) is 13.8. The Balaban J connectivity index is 2.49. The smallest absolute Gasteiger partial charge is 0.341 e. The number of carbonyl (C=O) groups is 1. The van der Waals surface area contributed by atoms with Gasteiger partial charge in [0.2, 0.25) is 5.43 Å². The topological polar surface area (TPSA) is 85.3 Å². The van der Waals surface area contributed by atoms with Gasteiger partial charge >= 0.3 is 5.97 Å². The lowest BCUT2D eigenvalue weighted by Crippen LogP contribution is -2.19. The van der Waals surface area contributed by atoms with E-state index in [9.17, 15) is 27.9 Å².